The fourth-order valence-electron chi connectivity index (χ4n) is 4.19. The molecule has 4 aliphatic heterocycles. The Bertz CT molecular complexity index is 843. The van der Waals surface area contributed by atoms with Crippen molar-refractivity contribution in [3.05, 3.63) is 0 Å². The van der Waals surface area contributed by atoms with Crippen molar-refractivity contribution in [2.45, 2.75) is 71.0 Å². The zero-order valence-corrected chi connectivity index (χ0v) is 20.2. The number of hydrogen-bond acceptors (Lipinski definition) is 9. The number of nitrogens with one attached hydrogen (secondary N) is 2. The number of nitrogens with zero attached hydrogens (tertiary/aromatic N) is 2. The fraction of sp³-hybridized carbons (Fsp3) is 0.850. The molecule has 33 heavy (non-hydrogen) atoms. The molecule has 0 aromatic carbocycles. The third kappa shape index (κ3) is 6.34. The predicted octanol–water partition coefficient (Wildman–Crippen LogP) is 0.296. The van der Waals surface area contributed by atoms with Crippen LogP contribution in [0, 0.1) is 5.41 Å². The molecule has 0 radical (unpaired) electrons. The molecule has 0 spiro atoms. The van der Waals surface area contributed by atoms with Gasteiger partial charge in [0.05, 0.1) is 24.7 Å². The first-order chi connectivity index (χ1) is 15.5. The number of carbonyl (C=O) groups excluding carboxylic acids is 3. The lowest BCUT2D eigenvalue weighted by Crippen LogP contribution is -2.58. The highest BCUT2D eigenvalue weighted by Crippen LogP contribution is 2.31. The van der Waals surface area contributed by atoms with E-state index in [1.165, 1.54) is 18.7 Å². The number of piperidine rings is 1. The summed E-state index contributed by atoms with van der Waals surface area (Å²) in [6, 6.07) is -1.82. The normalized spacial score (nSPS) is 24.5. The van der Waals surface area contributed by atoms with E-state index in [2.05, 4.69) is 10.6 Å². The van der Waals surface area contributed by atoms with Crippen molar-refractivity contribution >= 4 is 28.3 Å². The van der Waals surface area contributed by atoms with E-state index in [1.54, 1.807) is 6.92 Å². The maximum absolute atomic E-state index is 13.0. The summed E-state index contributed by atoms with van der Waals surface area (Å²) in [5.74, 6) is -0.841. The van der Waals surface area contributed by atoms with Crippen molar-refractivity contribution in [3.63, 3.8) is 0 Å². The maximum atomic E-state index is 13.0. The largest absolute Gasteiger partial charge is 0.466 e. The topological polar surface area (TPSA) is 144 Å². The average molecular weight is 491 g/mol. The van der Waals surface area contributed by atoms with Crippen molar-refractivity contribution < 1.29 is 36.0 Å². The first-order valence-electron chi connectivity index (χ1n) is 11.4. The Balaban J connectivity index is 1.62. The number of urea groups is 1. The minimum Gasteiger partial charge on any atom is -0.466 e. The van der Waals surface area contributed by atoms with Crippen molar-refractivity contribution in [2.75, 3.05) is 32.8 Å². The number of carbonyl (C=O) groups is 3. The minimum atomic E-state index is -4.63. The highest BCUT2D eigenvalue weighted by Gasteiger charge is 2.46. The van der Waals surface area contributed by atoms with Crippen LogP contribution in [-0.4, -0.2) is 87.3 Å². The number of ether oxygens (including phenoxy) is 1. The third-order valence-electron chi connectivity index (χ3n) is 6.17. The SMILES string of the molecule is CCOC(=O)C(C)(C)COS(=O)(=O)ON1C(=O)N2CC[C@H]1CC[C@H]2C(=O)NC1CCNCC1. The molecular formula is C20H34N4O8S. The summed E-state index contributed by atoms with van der Waals surface area (Å²) in [6.07, 6.45) is 2.93. The summed E-state index contributed by atoms with van der Waals surface area (Å²) in [7, 11) is -4.63. The lowest BCUT2D eigenvalue weighted by atomic mass is 9.95. The molecule has 4 rings (SSSR count). The van der Waals surface area contributed by atoms with Gasteiger partial charge in [-0.25, -0.2) is 8.98 Å². The second-order valence-corrected chi connectivity index (χ2v) is 10.4. The second-order valence-electron chi connectivity index (χ2n) is 9.22. The number of hydrogen-bond donors (Lipinski definition) is 2. The summed E-state index contributed by atoms with van der Waals surface area (Å²) < 4.78 is 39.7. The van der Waals surface area contributed by atoms with E-state index in [-0.39, 0.29) is 18.6 Å². The molecule has 0 unspecified atom stereocenters. The monoisotopic (exact) mass is 490 g/mol. The second kappa shape index (κ2) is 10.5. The molecule has 4 aliphatic rings. The smallest absolute Gasteiger partial charge is 0.421 e. The van der Waals surface area contributed by atoms with Crippen LogP contribution >= 0.6 is 0 Å². The molecule has 3 amide bonds. The van der Waals surface area contributed by atoms with E-state index >= 15 is 0 Å². The van der Waals surface area contributed by atoms with Gasteiger partial charge in [-0.3, -0.25) is 9.59 Å². The molecule has 0 aromatic rings. The quantitative estimate of drug-likeness (QED) is 0.436. The molecule has 2 bridgehead atoms. The predicted molar refractivity (Wildman–Crippen MR) is 116 cm³/mol. The summed E-state index contributed by atoms with van der Waals surface area (Å²) in [4.78, 5) is 39.3. The van der Waals surface area contributed by atoms with E-state index in [9.17, 15) is 22.8 Å². The lowest BCUT2D eigenvalue weighted by Gasteiger charge is -2.38. The summed E-state index contributed by atoms with van der Waals surface area (Å²) in [6.45, 7) is 6.24. The van der Waals surface area contributed by atoms with Crippen LogP contribution in [0.25, 0.3) is 0 Å². The van der Waals surface area contributed by atoms with Crippen LogP contribution in [0.3, 0.4) is 0 Å². The molecule has 13 heteroatoms. The molecular weight excluding hydrogens is 456 g/mol. The average Bonchev–Trinajstić information content (AvgIpc) is 3.05. The molecule has 2 atom stereocenters. The van der Waals surface area contributed by atoms with Crippen molar-refractivity contribution in [1.82, 2.24) is 20.6 Å². The van der Waals surface area contributed by atoms with Gasteiger partial charge < -0.3 is 20.3 Å². The Morgan fingerprint density at radius 1 is 1.15 bits per heavy atom. The van der Waals surface area contributed by atoms with Crippen molar-refractivity contribution in [3.8, 4) is 0 Å². The molecule has 2 N–H and O–H groups in total. The molecule has 188 valence electrons. The van der Waals surface area contributed by atoms with Gasteiger partial charge in [0.25, 0.3) is 0 Å². The van der Waals surface area contributed by atoms with E-state index in [0.29, 0.717) is 25.8 Å². The number of esters is 1. The van der Waals surface area contributed by atoms with Crippen LogP contribution in [-0.2, 0) is 33.2 Å². The number of fused-ring (bicyclic) bond motifs is 4. The highest BCUT2D eigenvalue weighted by molar-refractivity contribution is 7.81. The fourth-order valence-corrected chi connectivity index (χ4v) is 5.06. The molecule has 4 fully saturated rings. The van der Waals surface area contributed by atoms with Gasteiger partial charge in [-0.15, -0.1) is 4.28 Å². The molecule has 0 aromatic heterocycles. The van der Waals surface area contributed by atoms with Crippen LogP contribution < -0.4 is 10.6 Å². The van der Waals surface area contributed by atoms with Crippen LogP contribution in [0.5, 0.6) is 0 Å². The summed E-state index contributed by atoms with van der Waals surface area (Å²) in [5, 5.41) is 7.04. The summed E-state index contributed by atoms with van der Waals surface area (Å²) in [5.41, 5.74) is -1.23. The van der Waals surface area contributed by atoms with Gasteiger partial charge in [0.2, 0.25) is 5.91 Å². The van der Waals surface area contributed by atoms with Crippen molar-refractivity contribution in [2.24, 2.45) is 5.41 Å². The summed E-state index contributed by atoms with van der Waals surface area (Å²) >= 11 is 0. The lowest BCUT2D eigenvalue weighted by molar-refractivity contribution is -0.155. The number of rotatable bonds is 9. The Kier molecular flexibility index (Phi) is 8.19. The van der Waals surface area contributed by atoms with Gasteiger partial charge in [0.1, 0.15) is 6.04 Å². The van der Waals surface area contributed by atoms with Gasteiger partial charge in [0, 0.05) is 12.6 Å². The Morgan fingerprint density at radius 3 is 2.52 bits per heavy atom. The van der Waals surface area contributed by atoms with E-state index < -0.39 is 46.5 Å². The third-order valence-corrected chi connectivity index (χ3v) is 6.92. The van der Waals surface area contributed by atoms with Crippen LogP contribution in [0.15, 0.2) is 0 Å². The molecule has 0 saturated carbocycles. The Hall–Kier alpha value is -1.96. The van der Waals surface area contributed by atoms with Gasteiger partial charge in [-0.2, -0.15) is 13.5 Å². The van der Waals surface area contributed by atoms with Crippen molar-refractivity contribution in [1.29, 1.82) is 0 Å². The van der Waals surface area contributed by atoms with Gasteiger partial charge in [-0.05, 0) is 66.0 Å². The molecule has 4 saturated heterocycles. The first-order valence-corrected chi connectivity index (χ1v) is 12.7. The minimum absolute atomic E-state index is 0.0550. The maximum Gasteiger partial charge on any atom is 0.421 e. The zero-order valence-electron chi connectivity index (χ0n) is 19.4. The van der Waals surface area contributed by atoms with Crippen LogP contribution in [0.2, 0.25) is 0 Å². The Morgan fingerprint density at radius 2 is 1.85 bits per heavy atom. The van der Waals surface area contributed by atoms with Gasteiger partial charge in [-0.1, -0.05) is 0 Å². The van der Waals surface area contributed by atoms with E-state index in [1.807, 2.05) is 0 Å². The van der Waals surface area contributed by atoms with Gasteiger partial charge in [0.15, 0.2) is 0 Å². The standard InChI is InChI=1S/C20H34N4O8S/c1-4-30-18(26)20(2,3)13-31-33(28,29)32-24-15-5-6-16(23(12-9-15)19(24)27)17(25)22-14-7-10-21-11-8-14/h14-16,21H,4-13H2,1-3H3,(H,22,25)/t15-,16+/m1/s1. The zero-order chi connectivity index (χ0) is 24.2. The highest BCUT2D eigenvalue weighted by atomic mass is 32.3. The first kappa shape index (κ1) is 25.7. The van der Waals surface area contributed by atoms with E-state index in [0.717, 1.165) is 31.0 Å². The molecule has 4 heterocycles. The van der Waals surface area contributed by atoms with Crippen LogP contribution in [0.4, 0.5) is 4.79 Å². The molecule has 12 nitrogen and oxygen atoms in total. The van der Waals surface area contributed by atoms with E-state index in [4.69, 9.17) is 13.2 Å². The molecule has 0 aliphatic carbocycles. The van der Waals surface area contributed by atoms with Crippen LogP contribution in [0.1, 0.15) is 52.9 Å². The number of hydroxylamine groups is 2. The van der Waals surface area contributed by atoms with Gasteiger partial charge >= 0.3 is 22.4 Å². The Labute approximate surface area is 194 Å². The number of amides is 3.